The van der Waals surface area contributed by atoms with Gasteiger partial charge in [-0.1, -0.05) is 13.3 Å². The summed E-state index contributed by atoms with van der Waals surface area (Å²) in [6.45, 7) is 3.21. The number of thiazole rings is 1. The number of anilines is 1. The predicted octanol–water partition coefficient (Wildman–Crippen LogP) is 3.71. The number of carbonyl (C=O) groups is 1. The number of fused-ring (bicyclic) bond motifs is 1. The highest BCUT2D eigenvalue weighted by Crippen LogP contribution is 2.35. The van der Waals surface area contributed by atoms with Gasteiger partial charge in [0.15, 0.2) is 16.6 Å². The third kappa shape index (κ3) is 3.39. The normalized spacial score (nSPS) is 13.0. The zero-order valence-corrected chi connectivity index (χ0v) is 13.2. The molecular weight excluding hydrogens is 300 g/mol. The number of amides is 1. The summed E-state index contributed by atoms with van der Waals surface area (Å²) >= 11 is 1.43. The molecular formula is C16H18N2O3S. The summed E-state index contributed by atoms with van der Waals surface area (Å²) in [6, 6.07) is 5.76. The Morgan fingerprint density at radius 1 is 1.32 bits per heavy atom. The van der Waals surface area contributed by atoms with Gasteiger partial charge in [-0.25, -0.2) is 4.98 Å². The van der Waals surface area contributed by atoms with E-state index in [0.29, 0.717) is 24.8 Å². The molecule has 22 heavy (non-hydrogen) atoms. The van der Waals surface area contributed by atoms with Crippen LogP contribution in [0.1, 0.15) is 26.2 Å². The molecule has 1 N–H and O–H groups in total. The molecule has 5 nitrogen and oxygen atoms in total. The highest BCUT2D eigenvalue weighted by Gasteiger charge is 2.14. The van der Waals surface area contributed by atoms with Crippen molar-refractivity contribution in [1.29, 1.82) is 0 Å². The lowest BCUT2D eigenvalue weighted by Gasteiger charge is -2.18. The predicted molar refractivity (Wildman–Crippen MR) is 86.7 cm³/mol. The Balaban J connectivity index is 1.72. The fourth-order valence-electron chi connectivity index (χ4n) is 2.19. The molecule has 0 aliphatic carbocycles. The molecule has 2 aromatic rings. The van der Waals surface area contributed by atoms with Crippen LogP contribution >= 0.6 is 11.3 Å². The van der Waals surface area contributed by atoms with Crippen molar-refractivity contribution in [1.82, 2.24) is 4.98 Å². The molecule has 0 atom stereocenters. The minimum Gasteiger partial charge on any atom is -0.486 e. The van der Waals surface area contributed by atoms with E-state index in [9.17, 15) is 4.79 Å². The molecule has 1 aliphatic rings. The number of carbonyl (C=O) groups excluding carboxylic acids is 1. The molecule has 3 rings (SSSR count). The lowest BCUT2D eigenvalue weighted by atomic mass is 10.1. The zero-order valence-electron chi connectivity index (χ0n) is 12.4. The third-order valence-corrected chi connectivity index (χ3v) is 4.10. The smallest absolute Gasteiger partial charge is 0.226 e. The van der Waals surface area contributed by atoms with Crippen LogP contribution in [0.3, 0.4) is 0 Å². The minimum absolute atomic E-state index is 0.0184. The van der Waals surface area contributed by atoms with Gasteiger partial charge < -0.3 is 14.8 Å². The zero-order chi connectivity index (χ0) is 15.4. The molecule has 0 unspecified atom stereocenters. The highest BCUT2D eigenvalue weighted by molar-refractivity contribution is 7.14. The van der Waals surface area contributed by atoms with E-state index in [-0.39, 0.29) is 5.91 Å². The Morgan fingerprint density at radius 3 is 2.95 bits per heavy atom. The second kappa shape index (κ2) is 6.79. The first-order valence-corrected chi connectivity index (χ1v) is 8.29. The van der Waals surface area contributed by atoms with Gasteiger partial charge in [-0.2, -0.15) is 0 Å². The van der Waals surface area contributed by atoms with Gasteiger partial charge in [-0.05, 0) is 24.6 Å². The molecule has 0 saturated heterocycles. The quantitative estimate of drug-likeness (QED) is 0.913. The van der Waals surface area contributed by atoms with Gasteiger partial charge in [-0.15, -0.1) is 11.3 Å². The lowest BCUT2D eigenvalue weighted by molar-refractivity contribution is -0.116. The monoisotopic (exact) mass is 318 g/mol. The van der Waals surface area contributed by atoms with Crippen molar-refractivity contribution in [3.8, 4) is 22.8 Å². The SMILES string of the molecule is CCCCC(=O)Nc1nc(-c2ccc3c(c2)OCCO3)cs1. The second-order valence-corrected chi connectivity index (χ2v) is 5.91. The highest BCUT2D eigenvalue weighted by atomic mass is 32.1. The number of benzene rings is 1. The van der Waals surface area contributed by atoms with Crippen molar-refractivity contribution in [2.24, 2.45) is 0 Å². The number of nitrogens with one attached hydrogen (secondary N) is 1. The summed E-state index contributed by atoms with van der Waals surface area (Å²) in [5, 5.41) is 5.40. The van der Waals surface area contributed by atoms with Gasteiger partial charge in [0.25, 0.3) is 0 Å². The number of hydrogen-bond acceptors (Lipinski definition) is 5. The molecule has 0 fully saturated rings. The first kappa shape index (κ1) is 14.8. The molecule has 0 bridgehead atoms. The summed E-state index contributed by atoms with van der Waals surface area (Å²) in [6.07, 6.45) is 2.44. The summed E-state index contributed by atoms with van der Waals surface area (Å²) in [5.74, 6) is 1.52. The standard InChI is InChI=1S/C16H18N2O3S/c1-2-3-4-15(19)18-16-17-12(10-22-16)11-5-6-13-14(9-11)21-8-7-20-13/h5-6,9-10H,2-4,7-8H2,1H3,(H,17,18,19). The van der Waals surface area contributed by atoms with Gasteiger partial charge >= 0.3 is 0 Å². The maximum absolute atomic E-state index is 11.7. The molecule has 0 saturated carbocycles. The maximum Gasteiger partial charge on any atom is 0.226 e. The molecule has 2 heterocycles. The molecule has 116 valence electrons. The number of hydrogen-bond donors (Lipinski definition) is 1. The molecule has 0 radical (unpaired) electrons. The summed E-state index contributed by atoms with van der Waals surface area (Å²) in [5.41, 5.74) is 1.78. The fraction of sp³-hybridized carbons (Fsp3) is 0.375. The van der Waals surface area contributed by atoms with Crippen LogP contribution in [0.4, 0.5) is 5.13 Å². The summed E-state index contributed by atoms with van der Waals surface area (Å²) < 4.78 is 11.1. The average molecular weight is 318 g/mol. The lowest BCUT2D eigenvalue weighted by Crippen LogP contribution is -2.15. The number of unbranched alkanes of at least 4 members (excludes halogenated alkanes) is 1. The first-order valence-electron chi connectivity index (χ1n) is 7.41. The van der Waals surface area contributed by atoms with E-state index < -0.39 is 0 Å². The minimum atomic E-state index is 0.0184. The maximum atomic E-state index is 11.7. The Hall–Kier alpha value is -2.08. The van der Waals surface area contributed by atoms with Crippen LogP contribution in [0.5, 0.6) is 11.5 Å². The van der Waals surface area contributed by atoms with Crippen molar-refractivity contribution in [3.05, 3.63) is 23.6 Å². The van der Waals surface area contributed by atoms with Gasteiger partial charge in [0.1, 0.15) is 13.2 Å². The van der Waals surface area contributed by atoms with Gasteiger partial charge in [0, 0.05) is 17.4 Å². The summed E-state index contributed by atoms with van der Waals surface area (Å²) in [7, 11) is 0. The number of aromatic nitrogens is 1. The number of ether oxygens (including phenoxy) is 2. The van der Waals surface area contributed by atoms with Crippen molar-refractivity contribution >= 4 is 22.4 Å². The molecule has 1 aliphatic heterocycles. The van der Waals surface area contributed by atoms with Crippen LogP contribution in [0.2, 0.25) is 0 Å². The molecule has 0 spiro atoms. The number of nitrogens with zero attached hydrogens (tertiary/aromatic N) is 1. The van der Waals surface area contributed by atoms with Crippen LogP contribution < -0.4 is 14.8 Å². The molecule has 6 heteroatoms. The Bertz CT molecular complexity index is 669. The van der Waals surface area contributed by atoms with E-state index in [4.69, 9.17) is 9.47 Å². The average Bonchev–Trinajstić information content (AvgIpc) is 3.01. The van der Waals surface area contributed by atoms with E-state index in [2.05, 4.69) is 17.2 Å². The second-order valence-electron chi connectivity index (χ2n) is 5.05. The van der Waals surface area contributed by atoms with Crippen molar-refractivity contribution in [2.45, 2.75) is 26.2 Å². The first-order chi connectivity index (χ1) is 10.8. The van der Waals surface area contributed by atoms with Gasteiger partial charge in [-0.3, -0.25) is 4.79 Å². The van der Waals surface area contributed by atoms with Crippen molar-refractivity contribution < 1.29 is 14.3 Å². The Morgan fingerprint density at radius 2 is 2.14 bits per heavy atom. The Kier molecular flexibility index (Phi) is 4.58. The van der Waals surface area contributed by atoms with E-state index in [1.165, 1.54) is 11.3 Å². The van der Waals surface area contributed by atoms with Crippen LogP contribution in [0, 0.1) is 0 Å². The van der Waals surface area contributed by atoms with E-state index in [0.717, 1.165) is 35.6 Å². The van der Waals surface area contributed by atoms with Crippen LogP contribution in [0.15, 0.2) is 23.6 Å². The van der Waals surface area contributed by atoms with E-state index in [1.54, 1.807) is 0 Å². The van der Waals surface area contributed by atoms with E-state index >= 15 is 0 Å². The van der Waals surface area contributed by atoms with Gasteiger partial charge in [0.05, 0.1) is 5.69 Å². The fourth-order valence-corrected chi connectivity index (χ4v) is 2.92. The van der Waals surface area contributed by atoms with Gasteiger partial charge in [0.2, 0.25) is 5.91 Å². The van der Waals surface area contributed by atoms with Crippen LogP contribution in [-0.4, -0.2) is 24.1 Å². The van der Waals surface area contributed by atoms with Crippen LogP contribution in [-0.2, 0) is 4.79 Å². The topological polar surface area (TPSA) is 60.5 Å². The summed E-state index contributed by atoms with van der Waals surface area (Å²) in [4.78, 5) is 16.2. The number of rotatable bonds is 5. The molecule has 1 aromatic heterocycles. The molecule has 1 amide bonds. The third-order valence-electron chi connectivity index (χ3n) is 3.35. The van der Waals surface area contributed by atoms with Crippen LogP contribution in [0.25, 0.3) is 11.3 Å². The largest absolute Gasteiger partial charge is 0.486 e. The van der Waals surface area contributed by atoms with E-state index in [1.807, 2.05) is 23.6 Å². The van der Waals surface area contributed by atoms with Crippen molar-refractivity contribution in [2.75, 3.05) is 18.5 Å². The Labute approximate surface area is 133 Å². The van der Waals surface area contributed by atoms with Crippen molar-refractivity contribution in [3.63, 3.8) is 0 Å². The molecule has 1 aromatic carbocycles.